The molecule has 140 valence electrons. The zero-order valence-corrected chi connectivity index (χ0v) is 15.4. The van der Waals surface area contributed by atoms with Crippen LogP contribution in [-0.2, 0) is 23.6 Å². The number of nitrogens with zero attached hydrogens (tertiary/aromatic N) is 3. The molecule has 8 nitrogen and oxygen atoms in total. The van der Waals surface area contributed by atoms with Gasteiger partial charge in [-0.3, -0.25) is 9.67 Å². The Morgan fingerprint density at radius 1 is 1.11 bits per heavy atom. The lowest BCUT2D eigenvalue weighted by Gasteiger charge is -2.18. The van der Waals surface area contributed by atoms with Crippen LogP contribution in [0.15, 0.2) is 53.8 Å². The Morgan fingerprint density at radius 2 is 1.93 bits per heavy atom. The van der Waals surface area contributed by atoms with Gasteiger partial charge in [-0.15, -0.1) is 0 Å². The molecule has 1 aliphatic heterocycles. The van der Waals surface area contributed by atoms with Crippen LogP contribution in [0.2, 0.25) is 0 Å². The van der Waals surface area contributed by atoms with Crippen LogP contribution < -0.4 is 14.2 Å². The number of fused-ring (bicyclic) bond motifs is 1. The van der Waals surface area contributed by atoms with Crippen molar-refractivity contribution in [2.45, 2.75) is 11.4 Å². The van der Waals surface area contributed by atoms with Crippen LogP contribution in [0.4, 0.5) is 0 Å². The molecule has 0 aliphatic carbocycles. The quantitative estimate of drug-likeness (QED) is 0.718. The highest BCUT2D eigenvalue weighted by atomic mass is 32.2. The Balaban J connectivity index is 1.46. The van der Waals surface area contributed by atoms with Gasteiger partial charge < -0.3 is 9.47 Å². The lowest BCUT2D eigenvalue weighted by molar-refractivity contribution is 0.171. The van der Waals surface area contributed by atoms with Crippen molar-refractivity contribution in [1.29, 1.82) is 0 Å². The van der Waals surface area contributed by atoms with Crippen LogP contribution in [0, 0.1) is 0 Å². The average Bonchev–Trinajstić information content (AvgIpc) is 3.13. The Kier molecular flexibility index (Phi) is 4.54. The van der Waals surface area contributed by atoms with Crippen LogP contribution in [-0.4, -0.2) is 36.4 Å². The van der Waals surface area contributed by atoms with E-state index in [4.69, 9.17) is 9.47 Å². The van der Waals surface area contributed by atoms with E-state index in [0.717, 1.165) is 16.8 Å². The summed E-state index contributed by atoms with van der Waals surface area (Å²) in [5.74, 6) is 0.988. The summed E-state index contributed by atoms with van der Waals surface area (Å²) in [7, 11) is -1.84. The number of ether oxygens (including phenoxy) is 2. The van der Waals surface area contributed by atoms with Crippen molar-refractivity contribution >= 4 is 10.0 Å². The van der Waals surface area contributed by atoms with Gasteiger partial charge in [-0.05, 0) is 23.8 Å². The first kappa shape index (κ1) is 17.5. The Hall–Kier alpha value is -2.91. The van der Waals surface area contributed by atoms with Gasteiger partial charge in [0.2, 0.25) is 10.0 Å². The number of benzene rings is 1. The van der Waals surface area contributed by atoms with Crippen molar-refractivity contribution in [1.82, 2.24) is 19.5 Å². The number of hydrogen-bond donors (Lipinski definition) is 1. The molecular weight excluding hydrogens is 368 g/mol. The molecule has 0 unspecified atom stereocenters. The second-order valence-electron chi connectivity index (χ2n) is 6.08. The molecule has 0 radical (unpaired) electrons. The number of nitrogens with one attached hydrogen (secondary N) is 1. The summed E-state index contributed by atoms with van der Waals surface area (Å²) in [6.45, 7) is 0.995. The Morgan fingerprint density at radius 3 is 2.63 bits per heavy atom. The summed E-state index contributed by atoms with van der Waals surface area (Å²) < 4.78 is 40.2. The smallest absolute Gasteiger partial charge is 0.241 e. The molecule has 0 fully saturated rings. The minimum Gasteiger partial charge on any atom is -0.486 e. The Labute approximate surface area is 156 Å². The van der Waals surface area contributed by atoms with E-state index in [0.29, 0.717) is 24.7 Å². The normalized spacial score (nSPS) is 13.5. The van der Waals surface area contributed by atoms with Crippen molar-refractivity contribution in [3.8, 4) is 22.8 Å². The topological polar surface area (TPSA) is 95.3 Å². The van der Waals surface area contributed by atoms with Crippen molar-refractivity contribution in [3.05, 3.63) is 54.5 Å². The third kappa shape index (κ3) is 3.79. The van der Waals surface area contributed by atoms with Gasteiger partial charge in [0.15, 0.2) is 11.5 Å². The number of sulfonamides is 1. The first-order valence-electron chi connectivity index (χ1n) is 8.34. The SMILES string of the molecule is Cn1cc(-c2ccc(CNS(=O)(=O)c3ccc4c(c3)OCCO4)cn2)cn1. The van der Waals surface area contributed by atoms with Crippen LogP contribution in [0.25, 0.3) is 11.3 Å². The van der Waals surface area contributed by atoms with Crippen molar-refractivity contribution in [3.63, 3.8) is 0 Å². The Bertz CT molecular complexity index is 1060. The summed E-state index contributed by atoms with van der Waals surface area (Å²) in [6.07, 6.45) is 5.24. The van der Waals surface area contributed by atoms with Gasteiger partial charge in [0.05, 0.1) is 16.8 Å². The van der Waals surface area contributed by atoms with Crippen LogP contribution in [0.3, 0.4) is 0 Å². The van der Waals surface area contributed by atoms with E-state index in [-0.39, 0.29) is 11.4 Å². The van der Waals surface area contributed by atoms with Gasteiger partial charge in [0.1, 0.15) is 13.2 Å². The van der Waals surface area contributed by atoms with Gasteiger partial charge in [0.25, 0.3) is 0 Å². The van der Waals surface area contributed by atoms with Gasteiger partial charge in [-0.1, -0.05) is 6.07 Å². The molecule has 27 heavy (non-hydrogen) atoms. The van der Waals surface area contributed by atoms with Crippen molar-refractivity contribution < 1.29 is 17.9 Å². The highest BCUT2D eigenvalue weighted by Crippen LogP contribution is 2.32. The van der Waals surface area contributed by atoms with E-state index in [9.17, 15) is 8.42 Å². The zero-order chi connectivity index (χ0) is 18.9. The minimum absolute atomic E-state index is 0.131. The third-order valence-corrected chi connectivity index (χ3v) is 5.51. The predicted molar refractivity (Wildman–Crippen MR) is 97.9 cm³/mol. The molecule has 3 aromatic rings. The maximum absolute atomic E-state index is 12.5. The van der Waals surface area contributed by atoms with E-state index in [2.05, 4.69) is 14.8 Å². The molecule has 9 heteroatoms. The molecule has 0 bridgehead atoms. The van der Waals surface area contributed by atoms with E-state index >= 15 is 0 Å². The highest BCUT2D eigenvalue weighted by molar-refractivity contribution is 7.89. The fourth-order valence-corrected chi connectivity index (χ4v) is 3.74. The third-order valence-electron chi connectivity index (χ3n) is 4.12. The van der Waals surface area contributed by atoms with Crippen LogP contribution in [0.1, 0.15) is 5.56 Å². The van der Waals surface area contributed by atoms with Gasteiger partial charge in [-0.2, -0.15) is 5.10 Å². The van der Waals surface area contributed by atoms with Crippen LogP contribution in [0.5, 0.6) is 11.5 Å². The second-order valence-corrected chi connectivity index (χ2v) is 7.85. The molecule has 0 saturated carbocycles. The molecular formula is C18H18N4O4S. The summed E-state index contributed by atoms with van der Waals surface area (Å²) in [4.78, 5) is 4.50. The first-order chi connectivity index (χ1) is 13.0. The van der Waals surface area contributed by atoms with E-state index in [1.807, 2.05) is 25.4 Å². The number of hydrogen-bond acceptors (Lipinski definition) is 6. The molecule has 0 saturated heterocycles. The molecule has 0 spiro atoms. The van der Waals surface area contributed by atoms with Crippen molar-refractivity contribution in [2.75, 3.05) is 13.2 Å². The van der Waals surface area contributed by atoms with Gasteiger partial charge in [0, 0.05) is 37.6 Å². The predicted octanol–water partition coefficient (Wildman–Crippen LogP) is 1.73. The molecule has 1 aliphatic rings. The van der Waals surface area contributed by atoms with E-state index in [1.165, 1.54) is 12.1 Å². The molecule has 2 aromatic heterocycles. The second kappa shape index (κ2) is 7.01. The molecule has 4 rings (SSSR count). The average molecular weight is 386 g/mol. The van der Waals surface area contributed by atoms with E-state index < -0.39 is 10.0 Å². The molecule has 1 N–H and O–H groups in total. The first-order valence-corrected chi connectivity index (χ1v) is 9.83. The summed E-state index contributed by atoms with van der Waals surface area (Å²) >= 11 is 0. The molecule has 0 atom stereocenters. The number of aryl methyl sites for hydroxylation is 1. The number of pyridine rings is 1. The van der Waals surface area contributed by atoms with Gasteiger partial charge in [-0.25, -0.2) is 13.1 Å². The van der Waals surface area contributed by atoms with Gasteiger partial charge >= 0.3 is 0 Å². The zero-order valence-electron chi connectivity index (χ0n) is 14.6. The highest BCUT2D eigenvalue weighted by Gasteiger charge is 2.19. The maximum Gasteiger partial charge on any atom is 0.241 e. The van der Waals surface area contributed by atoms with E-state index in [1.54, 1.807) is 23.1 Å². The van der Waals surface area contributed by atoms with Crippen LogP contribution >= 0.6 is 0 Å². The fraction of sp³-hybridized carbons (Fsp3) is 0.222. The summed E-state index contributed by atoms with van der Waals surface area (Å²) in [5.41, 5.74) is 2.44. The molecule has 3 heterocycles. The number of aromatic nitrogens is 3. The largest absolute Gasteiger partial charge is 0.486 e. The molecule has 1 aromatic carbocycles. The standard InChI is InChI=1S/C18H18N4O4S/c1-22-12-14(11-20-22)16-4-2-13(9-19-16)10-21-27(23,24)15-3-5-17-18(8-15)26-7-6-25-17/h2-5,8-9,11-12,21H,6-7,10H2,1H3. The lowest BCUT2D eigenvalue weighted by Crippen LogP contribution is -2.24. The summed E-state index contributed by atoms with van der Waals surface area (Å²) in [6, 6.07) is 8.25. The minimum atomic E-state index is -3.68. The molecule has 0 amide bonds. The monoisotopic (exact) mass is 386 g/mol. The number of rotatable bonds is 5. The fourth-order valence-electron chi connectivity index (χ4n) is 2.71. The lowest BCUT2D eigenvalue weighted by atomic mass is 10.2. The maximum atomic E-state index is 12.5. The summed E-state index contributed by atoms with van der Waals surface area (Å²) in [5, 5.41) is 4.11. The van der Waals surface area contributed by atoms with Crippen molar-refractivity contribution in [2.24, 2.45) is 7.05 Å².